The van der Waals surface area contributed by atoms with Gasteiger partial charge >= 0.3 is 0 Å². The van der Waals surface area contributed by atoms with Crippen LogP contribution in [0.25, 0.3) is 0 Å². The van der Waals surface area contributed by atoms with Gasteiger partial charge in [-0.1, -0.05) is 6.92 Å². The van der Waals surface area contributed by atoms with E-state index in [4.69, 9.17) is 0 Å². The van der Waals surface area contributed by atoms with Crippen molar-refractivity contribution < 1.29 is 4.79 Å². The summed E-state index contributed by atoms with van der Waals surface area (Å²) in [5.41, 5.74) is 1.01. The molecule has 1 amide bonds. The smallest absolute Gasteiger partial charge is 0.241 e. The molecule has 0 unspecified atom stereocenters. The number of carbonyl (C=O) groups excluding carboxylic acids is 1. The first-order chi connectivity index (χ1) is 9.13. The minimum absolute atomic E-state index is 0.0492. The van der Waals surface area contributed by atoms with Crippen molar-refractivity contribution in [3.63, 3.8) is 0 Å². The number of likely N-dealkylation sites (N-methyl/N-ethyl adjacent to an activating group) is 1. The molecule has 0 spiro atoms. The highest BCUT2D eigenvalue weighted by Gasteiger charge is 2.11. The molecule has 0 bridgehead atoms. The van der Waals surface area contributed by atoms with E-state index in [-0.39, 0.29) is 12.5 Å². The van der Waals surface area contributed by atoms with Crippen LogP contribution in [0.2, 0.25) is 0 Å². The topological polar surface area (TPSA) is 70.1 Å². The van der Waals surface area contributed by atoms with Crippen LogP contribution in [0, 0.1) is 0 Å². The van der Waals surface area contributed by atoms with Gasteiger partial charge in [-0.25, -0.2) is 9.97 Å². The molecule has 0 saturated heterocycles. The van der Waals surface area contributed by atoms with Gasteiger partial charge in [0.25, 0.3) is 0 Å². The van der Waals surface area contributed by atoms with Gasteiger partial charge in [-0.2, -0.15) is 0 Å². The summed E-state index contributed by atoms with van der Waals surface area (Å²) in [6.45, 7) is 7.77. The quantitative estimate of drug-likeness (QED) is 0.779. The van der Waals surface area contributed by atoms with E-state index < -0.39 is 0 Å². The fourth-order valence-electron chi connectivity index (χ4n) is 1.69. The Bertz CT molecular complexity index is 421. The molecule has 1 aromatic rings. The maximum absolute atomic E-state index is 11.8. The Kier molecular flexibility index (Phi) is 6.05. The van der Waals surface area contributed by atoms with Crippen molar-refractivity contribution in [2.75, 3.05) is 37.3 Å². The van der Waals surface area contributed by atoms with E-state index >= 15 is 0 Å². The van der Waals surface area contributed by atoms with Crippen LogP contribution in [0.15, 0.2) is 6.33 Å². The molecule has 106 valence electrons. The third-order valence-electron chi connectivity index (χ3n) is 2.95. The first-order valence-electron chi connectivity index (χ1n) is 6.69. The van der Waals surface area contributed by atoms with Gasteiger partial charge in [0.2, 0.25) is 5.91 Å². The molecular formula is C13H23N5O. The molecule has 0 aliphatic carbocycles. The highest BCUT2D eigenvalue weighted by molar-refractivity contribution is 5.80. The summed E-state index contributed by atoms with van der Waals surface area (Å²) in [6.07, 6.45) is 2.32. The molecule has 1 heterocycles. The molecule has 1 rings (SSSR count). The molecule has 19 heavy (non-hydrogen) atoms. The Morgan fingerprint density at radius 2 is 1.84 bits per heavy atom. The van der Waals surface area contributed by atoms with Crippen LogP contribution in [0.4, 0.5) is 11.6 Å². The summed E-state index contributed by atoms with van der Waals surface area (Å²) in [4.78, 5) is 21.9. The largest absolute Gasteiger partial charge is 0.370 e. The Balaban J connectivity index is 2.77. The normalized spacial score (nSPS) is 10.1. The van der Waals surface area contributed by atoms with Crippen molar-refractivity contribution >= 4 is 17.5 Å². The molecule has 0 aromatic carbocycles. The second-order valence-electron chi connectivity index (χ2n) is 4.19. The van der Waals surface area contributed by atoms with Gasteiger partial charge < -0.3 is 15.5 Å². The number of hydrogen-bond donors (Lipinski definition) is 2. The van der Waals surface area contributed by atoms with Gasteiger partial charge in [0.05, 0.1) is 6.54 Å². The number of nitrogens with one attached hydrogen (secondary N) is 2. The number of rotatable bonds is 7. The van der Waals surface area contributed by atoms with Crippen LogP contribution in [-0.2, 0) is 11.2 Å². The summed E-state index contributed by atoms with van der Waals surface area (Å²) in [5.74, 6) is 1.61. The molecule has 1 aromatic heterocycles. The van der Waals surface area contributed by atoms with Gasteiger partial charge in [0, 0.05) is 25.7 Å². The van der Waals surface area contributed by atoms with Gasteiger partial charge in [0.15, 0.2) is 0 Å². The van der Waals surface area contributed by atoms with E-state index in [0.717, 1.165) is 30.2 Å². The lowest BCUT2D eigenvalue weighted by Gasteiger charge is -2.17. The lowest BCUT2D eigenvalue weighted by molar-refractivity contribution is -0.127. The third kappa shape index (κ3) is 4.08. The van der Waals surface area contributed by atoms with Crippen molar-refractivity contribution in [1.29, 1.82) is 0 Å². The third-order valence-corrected chi connectivity index (χ3v) is 2.95. The van der Waals surface area contributed by atoms with Crippen LogP contribution in [0.3, 0.4) is 0 Å². The van der Waals surface area contributed by atoms with Crippen LogP contribution < -0.4 is 10.6 Å². The van der Waals surface area contributed by atoms with E-state index in [0.29, 0.717) is 6.54 Å². The summed E-state index contributed by atoms with van der Waals surface area (Å²) in [6, 6.07) is 0. The lowest BCUT2D eigenvalue weighted by atomic mass is 10.2. The number of amides is 1. The van der Waals surface area contributed by atoms with Crippen LogP contribution in [-0.4, -0.2) is 47.5 Å². The molecule has 0 fully saturated rings. The van der Waals surface area contributed by atoms with Crippen LogP contribution >= 0.6 is 0 Å². The molecule has 0 radical (unpaired) electrons. The second-order valence-corrected chi connectivity index (χ2v) is 4.19. The Hall–Kier alpha value is -1.85. The van der Waals surface area contributed by atoms with Gasteiger partial charge in [-0.05, 0) is 20.3 Å². The van der Waals surface area contributed by atoms with E-state index in [1.807, 2.05) is 20.8 Å². The first kappa shape index (κ1) is 15.2. The number of aromatic nitrogens is 2. The number of anilines is 2. The maximum atomic E-state index is 11.8. The van der Waals surface area contributed by atoms with Crippen molar-refractivity contribution in [3.05, 3.63) is 11.9 Å². The minimum Gasteiger partial charge on any atom is -0.370 e. The zero-order chi connectivity index (χ0) is 14.3. The Morgan fingerprint density at radius 1 is 1.21 bits per heavy atom. The zero-order valence-electron chi connectivity index (χ0n) is 12.2. The summed E-state index contributed by atoms with van der Waals surface area (Å²) in [7, 11) is 1.79. The minimum atomic E-state index is 0.0492. The average Bonchev–Trinajstić information content (AvgIpc) is 2.44. The van der Waals surface area contributed by atoms with Crippen molar-refractivity contribution in [2.24, 2.45) is 0 Å². The lowest BCUT2D eigenvalue weighted by Crippen LogP contribution is -2.32. The van der Waals surface area contributed by atoms with Crippen molar-refractivity contribution in [3.8, 4) is 0 Å². The van der Waals surface area contributed by atoms with E-state index in [2.05, 4.69) is 20.6 Å². The van der Waals surface area contributed by atoms with Crippen molar-refractivity contribution in [1.82, 2.24) is 14.9 Å². The van der Waals surface area contributed by atoms with E-state index in [1.54, 1.807) is 11.9 Å². The monoisotopic (exact) mass is 265 g/mol. The fraction of sp³-hybridized carbons (Fsp3) is 0.615. The molecule has 6 heteroatoms. The van der Waals surface area contributed by atoms with E-state index in [9.17, 15) is 4.79 Å². The molecule has 0 aliphatic rings. The van der Waals surface area contributed by atoms with E-state index in [1.165, 1.54) is 6.33 Å². The Morgan fingerprint density at radius 3 is 2.37 bits per heavy atom. The highest BCUT2D eigenvalue weighted by Crippen LogP contribution is 2.19. The summed E-state index contributed by atoms with van der Waals surface area (Å²) < 4.78 is 0. The standard InChI is InChI=1S/C13H23N5O/c1-5-10-12(14-6-2)16-9-17-13(10)15-8-11(19)18(4)7-3/h9H,5-8H2,1-4H3,(H2,14,15,16,17). The molecule has 2 N–H and O–H groups in total. The van der Waals surface area contributed by atoms with Gasteiger partial charge in [0.1, 0.15) is 18.0 Å². The first-order valence-corrected chi connectivity index (χ1v) is 6.69. The zero-order valence-corrected chi connectivity index (χ0v) is 12.2. The van der Waals surface area contributed by atoms with Crippen molar-refractivity contribution in [2.45, 2.75) is 27.2 Å². The SMILES string of the molecule is CCNc1ncnc(NCC(=O)N(C)CC)c1CC. The van der Waals surface area contributed by atoms with Gasteiger partial charge in [-0.3, -0.25) is 4.79 Å². The number of nitrogens with zero attached hydrogens (tertiary/aromatic N) is 3. The average molecular weight is 265 g/mol. The molecule has 6 nitrogen and oxygen atoms in total. The molecular weight excluding hydrogens is 242 g/mol. The maximum Gasteiger partial charge on any atom is 0.241 e. The Labute approximate surface area is 114 Å². The summed E-state index contributed by atoms with van der Waals surface area (Å²) in [5, 5.41) is 6.30. The molecule has 0 atom stereocenters. The van der Waals surface area contributed by atoms with Crippen LogP contribution in [0.5, 0.6) is 0 Å². The second kappa shape index (κ2) is 7.56. The predicted molar refractivity (Wildman–Crippen MR) is 77.4 cm³/mol. The van der Waals surface area contributed by atoms with Gasteiger partial charge in [-0.15, -0.1) is 0 Å². The molecule has 0 saturated carbocycles. The highest BCUT2D eigenvalue weighted by atomic mass is 16.2. The number of hydrogen-bond acceptors (Lipinski definition) is 5. The summed E-state index contributed by atoms with van der Waals surface area (Å²) >= 11 is 0. The van der Waals surface area contributed by atoms with Crippen LogP contribution in [0.1, 0.15) is 26.3 Å². The molecule has 0 aliphatic heterocycles. The fourth-order valence-corrected chi connectivity index (χ4v) is 1.69. The number of carbonyl (C=O) groups is 1. The predicted octanol–water partition coefficient (Wildman–Crippen LogP) is 1.36.